The maximum atomic E-state index is 13.3. The van der Waals surface area contributed by atoms with Crippen LogP contribution < -0.4 is 5.73 Å². The zero-order chi connectivity index (χ0) is 29.4. The fourth-order valence-electron chi connectivity index (χ4n) is 4.37. The monoisotopic (exact) mass is 565 g/mol. The van der Waals surface area contributed by atoms with Crippen LogP contribution in [0.25, 0.3) is 21.9 Å². The number of carbonyl (C=O) groups is 2. The van der Waals surface area contributed by atoms with Gasteiger partial charge in [-0.1, -0.05) is 47.6 Å². The van der Waals surface area contributed by atoms with Gasteiger partial charge in [0.25, 0.3) is 5.91 Å². The summed E-state index contributed by atoms with van der Waals surface area (Å²) in [6, 6.07) is 13.5. The van der Waals surface area contributed by atoms with Gasteiger partial charge in [-0.05, 0) is 87.2 Å². The summed E-state index contributed by atoms with van der Waals surface area (Å²) >= 11 is 0. The number of carbonyl (C=O) groups excluding carboxylic acids is 2. The van der Waals surface area contributed by atoms with Crippen molar-refractivity contribution in [1.29, 1.82) is 0 Å². The number of likely N-dealkylation sites (tertiary alicyclic amines) is 1. The Morgan fingerprint density at radius 2 is 1.80 bits per heavy atom. The van der Waals surface area contributed by atoms with Gasteiger partial charge in [-0.25, -0.2) is 4.39 Å². The molecule has 2 fully saturated rings. The Labute approximate surface area is 238 Å². The van der Waals surface area contributed by atoms with Crippen molar-refractivity contribution < 1.29 is 18.4 Å². The number of amides is 1. The molecule has 8 heteroatoms. The molecule has 1 unspecified atom stereocenters. The van der Waals surface area contributed by atoms with Crippen molar-refractivity contribution in [3.05, 3.63) is 76.7 Å². The van der Waals surface area contributed by atoms with Crippen LogP contribution >= 0.6 is 9.24 Å². The number of halogens is 1. The second kappa shape index (κ2) is 14.0. The number of fused-ring (bicyclic) bond motifs is 2. The van der Waals surface area contributed by atoms with E-state index in [0.717, 1.165) is 39.3 Å². The number of nitrogens with two attached hydrogens (primary N) is 1. The van der Waals surface area contributed by atoms with Crippen LogP contribution in [0, 0.1) is 13.8 Å². The van der Waals surface area contributed by atoms with Gasteiger partial charge < -0.3 is 15.1 Å². The summed E-state index contributed by atoms with van der Waals surface area (Å²) in [6.45, 7) is 8.50. The lowest BCUT2D eigenvalue weighted by Crippen LogP contribution is -2.57. The quantitative estimate of drug-likeness (QED) is 0.206. The van der Waals surface area contributed by atoms with E-state index in [-0.39, 0.29) is 24.8 Å². The first kappa shape index (κ1) is 31.4. The molecular formula is C32H41FN3O3P. The fraction of sp³-hybridized carbons (Fsp3) is 0.406. The van der Waals surface area contributed by atoms with Crippen LogP contribution in [0.4, 0.5) is 4.39 Å². The van der Waals surface area contributed by atoms with Crippen LogP contribution in [0.1, 0.15) is 83.1 Å². The van der Waals surface area contributed by atoms with Crippen molar-refractivity contribution in [2.45, 2.75) is 64.7 Å². The Balaban J connectivity index is 0.000000186. The van der Waals surface area contributed by atoms with Crippen molar-refractivity contribution in [3.8, 4) is 0 Å². The normalized spacial score (nSPS) is 15.1. The van der Waals surface area contributed by atoms with E-state index in [1.807, 2.05) is 50.4 Å². The minimum absolute atomic E-state index is 0.104. The Hall–Kier alpha value is -3.15. The summed E-state index contributed by atoms with van der Waals surface area (Å²) in [5, 5.41) is 0.715. The van der Waals surface area contributed by atoms with E-state index in [0.29, 0.717) is 11.5 Å². The minimum atomic E-state index is -1.34. The summed E-state index contributed by atoms with van der Waals surface area (Å²) in [5.41, 5.74) is 10.4. The number of furan rings is 1. The number of hydrogen-bond acceptors (Lipinski definition) is 5. The predicted octanol–water partition coefficient (Wildman–Crippen LogP) is 7.35. The first-order valence-corrected chi connectivity index (χ1v) is 14.4. The van der Waals surface area contributed by atoms with Crippen LogP contribution in [-0.4, -0.2) is 47.6 Å². The zero-order valence-electron chi connectivity index (χ0n) is 24.2. The lowest BCUT2D eigenvalue weighted by Gasteiger charge is -2.41. The molecule has 4 aromatic rings. The molecule has 3 heterocycles. The third kappa shape index (κ3) is 7.74. The number of rotatable bonds is 4. The van der Waals surface area contributed by atoms with Gasteiger partial charge in [0.15, 0.2) is 11.2 Å². The average molecular weight is 566 g/mol. The van der Waals surface area contributed by atoms with E-state index in [9.17, 15) is 14.0 Å². The number of hydrogen-bond donors (Lipinski definition) is 1. The minimum Gasteiger partial charge on any atom is -0.451 e. The number of alkyl halides is 1. The summed E-state index contributed by atoms with van der Waals surface area (Å²) in [6.07, 6.45) is 7.97. The first-order valence-electron chi connectivity index (χ1n) is 13.8. The molecule has 1 atom stereocenters. The fourth-order valence-corrected chi connectivity index (χ4v) is 4.81. The number of pyridine rings is 1. The summed E-state index contributed by atoms with van der Waals surface area (Å²) < 4.78 is 18.8. The van der Waals surface area contributed by atoms with Crippen molar-refractivity contribution in [3.63, 3.8) is 0 Å². The van der Waals surface area contributed by atoms with Crippen molar-refractivity contribution in [1.82, 2.24) is 9.88 Å². The van der Waals surface area contributed by atoms with Crippen LogP contribution in [0.2, 0.25) is 0 Å². The smallest absolute Gasteiger partial charge is 0.289 e. The molecule has 214 valence electrons. The average Bonchev–Trinajstić information content (AvgIpc) is 3.70. The number of unbranched alkanes of at least 4 members (excludes halogenated alkanes) is 1. The highest BCUT2D eigenvalue weighted by atomic mass is 31.0. The van der Waals surface area contributed by atoms with Gasteiger partial charge in [-0.3, -0.25) is 14.6 Å². The largest absolute Gasteiger partial charge is 0.451 e. The highest BCUT2D eigenvalue weighted by Gasteiger charge is 2.42. The molecule has 1 aliphatic heterocycles. The zero-order valence-corrected chi connectivity index (χ0v) is 25.3. The van der Waals surface area contributed by atoms with Crippen LogP contribution in [0.5, 0.6) is 0 Å². The van der Waals surface area contributed by atoms with Crippen LogP contribution in [0.3, 0.4) is 0 Å². The molecule has 6 rings (SSSR count). The molecule has 1 saturated carbocycles. The summed E-state index contributed by atoms with van der Waals surface area (Å²) in [5.74, 6) is 0.711. The second-order valence-electron chi connectivity index (χ2n) is 10.4. The third-order valence-electron chi connectivity index (χ3n) is 6.88. The SMILES string of the molecule is CCCC.CN.Cc1cc2nccc(C3CC3)c2cc1C=O.Cc1ccc2oc(C(=O)N3CC(F)(P)C3)cc2c1. The Kier molecular flexibility index (Phi) is 11.0. The maximum Gasteiger partial charge on any atom is 0.289 e. The molecule has 6 nitrogen and oxygen atoms in total. The van der Waals surface area contributed by atoms with E-state index in [4.69, 9.17) is 4.42 Å². The van der Waals surface area contributed by atoms with Gasteiger partial charge in [0.05, 0.1) is 18.6 Å². The molecule has 40 heavy (non-hydrogen) atoms. The van der Waals surface area contributed by atoms with Crippen LogP contribution in [-0.2, 0) is 0 Å². The number of benzene rings is 2. The van der Waals surface area contributed by atoms with Crippen molar-refractivity contribution in [2.24, 2.45) is 5.73 Å². The van der Waals surface area contributed by atoms with E-state index in [2.05, 4.69) is 39.9 Å². The number of aldehydes is 1. The molecule has 0 radical (unpaired) electrons. The van der Waals surface area contributed by atoms with E-state index < -0.39 is 5.41 Å². The molecule has 2 aromatic heterocycles. The standard InChI is InChI=1S/C14H13NO.C13H13FNO2P.C4H10.CH5N/c1-9-6-14-13(7-11(9)8-16)12(4-5-15-14)10-2-3-10;1-8-2-3-10-9(4-8)5-11(17-10)12(16)15-6-13(14,18)7-15;1-3-4-2;1-2/h4-8,10H,2-3H2,1H3;2-5H,6-7,18H2,1H3;3-4H2,1-2H3;2H2,1H3. The van der Waals surface area contributed by atoms with Gasteiger partial charge in [-0.2, -0.15) is 0 Å². The molecule has 2 aliphatic rings. The van der Waals surface area contributed by atoms with Crippen molar-refractivity contribution in [2.75, 3.05) is 20.1 Å². The van der Waals surface area contributed by atoms with E-state index >= 15 is 0 Å². The molecule has 1 aliphatic carbocycles. The molecule has 0 bridgehead atoms. The lowest BCUT2D eigenvalue weighted by molar-refractivity contribution is 0.0251. The highest BCUT2D eigenvalue weighted by Crippen LogP contribution is 2.43. The molecule has 1 amide bonds. The molecule has 2 N–H and O–H groups in total. The van der Waals surface area contributed by atoms with Crippen molar-refractivity contribution >= 4 is 43.3 Å². The maximum absolute atomic E-state index is 13.3. The molecule has 2 aromatic carbocycles. The Bertz CT molecular complexity index is 1450. The predicted molar refractivity (Wildman–Crippen MR) is 165 cm³/mol. The second-order valence-corrected chi connectivity index (χ2v) is 11.4. The molecular weight excluding hydrogens is 524 g/mol. The Morgan fingerprint density at radius 3 is 2.38 bits per heavy atom. The van der Waals surface area contributed by atoms with Gasteiger partial charge in [0.2, 0.25) is 0 Å². The number of aromatic nitrogens is 1. The first-order chi connectivity index (χ1) is 19.2. The lowest BCUT2D eigenvalue weighted by atomic mass is 10.0. The topological polar surface area (TPSA) is 89.4 Å². The summed E-state index contributed by atoms with van der Waals surface area (Å²) in [7, 11) is 3.62. The highest BCUT2D eigenvalue weighted by molar-refractivity contribution is 7.18. The molecule has 0 spiro atoms. The van der Waals surface area contributed by atoms with Gasteiger partial charge >= 0.3 is 0 Å². The number of aryl methyl sites for hydroxylation is 2. The van der Waals surface area contributed by atoms with Gasteiger partial charge in [0.1, 0.15) is 11.9 Å². The Morgan fingerprint density at radius 1 is 1.12 bits per heavy atom. The van der Waals surface area contributed by atoms with Crippen LogP contribution in [0.15, 0.2) is 53.1 Å². The molecule has 1 saturated heterocycles. The number of nitrogens with zero attached hydrogens (tertiary/aromatic N) is 2. The third-order valence-corrected chi connectivity index (χ3v) is 7.25. The van der Waals surface area contributed by atoms with E-state index in [1.54, 1.807) is 6.07 Å². The van der Waals surface area contributed by atoms with E-state index in [1.165, 1.54) is 43.2 Å². The van der Waals surface area contributed by atoms with Gasteiger partial charge in [0, 0.05) is 22.5 Å². The summed E-state index contributed by atoms with van der Waals surface area (Å²) in [4.78, 5) is 28.8. The van der Waals surface area contributed by atoms with Gasteiger partial charge in [-0.15, -0.1) is 0 Å².